The topological polar surface area (TPSA) is 9.23 Å². The van der Waals surface area contributed by atoms with Crippen LogP contribution in [0.4, 0.5) is 0 Å². The maximum absolute atomic E-state index is 4.37. The van der Waals surface area contributed by atoms with Gasteiger partial charge in [0.15, 0.2) is 0 Å². The molecule has 0 aliphatic rings. The molecule has 0 aliphatic carbocycles. The Morgan fingerprint density at radius 3 is 2.78 bits per heavy atom. The van der Waals surface area contributed by atoms with Crippen LogP contribution in [0.25, 0.3) is 0 Å². The first-order valence-electron chi connectivity index (χ1n) is 3.22. The van der Waals surface area contributed by atoms with Crippen molar-refractivity contribution < 1.29 is 4.43 Å². The fourth-order valence-corrected chi connectivity index (χ4v) is 0.623. The molecule has 0 saturated carbocycles. The van der Waals surface area contributed by atoms with Crippen LogP contribution < -0.4 is 0 Å². The Balaban J connectivity index is 2.90. The van der Waals surface area contributed by atoms with E-state index in [4.69, 9.17) is 0 Å². The molecular formula is C7H11OSi. The van der Waals surface area contributed by atoms with Crippen molar-refractivity contribution in [1.29, 1.82) is 0 Å². The van der Waals surface area contributed by atoms with E-state index in [0.717, 1.165) is 6.42 Å². The second-order valence-corrected chi connectivity index (χ2v) is 2.04. The number of rotatable bonds is 3. The normalized spacial score (nSPS) is 7.78. The molecule has 3 radical (unpaired) electrons. The molecule has 9 heavy (non-hydrogen) atoms. The fourth-order valence-electron chi connectivity index (χ4n) is 0.551. The van der Waals surface area contributed by atoms with Crippen LogP contribution in [0.2, 0.25) is 0 Å². The minimum atomic E-state index is 0.943. The molecule has 0 rings (SSSR count). The van der Waals surface area contributed by atoms with Gasteiger partial charge < -0.3 is 4.43 Å². The molecule has 0 N–H and O–H groups in total. The summed E-state index contributed by atoms with van der Waals surface area (Å²) in [5.74, 6) is 2.85. The second-order valence-electron chi connectivity index (χ2n) is 1.84. The van der Waals surface area contributed by atoms with E-state index >= 15 is 0 Å². The van der Waals surface area contributed by atoms with Gasteiger partial charge in [0, 0.05) is 6.42 Å². The first kappa shape index (κ1) is 8.58. The van der Waals surface area contributed by atoms with Gasteiger partial charge in [-0.05, 0) is 6.42 Å². The van der Waals surface area contributed by atoms with Gasteiger partial charge in [-0.15, -0.1) is 0 Å². The third-order valence-corrected chi connectivity index (χ3v) is 1.13. The molecule has 0 heterocycles. The Morgan fingerprint density at radius 2 is 2.22 bits per heavy atom. The fraction of sp³-hybridized carbons (Fsp3) is 0.714. The number of hydrogen-bond donors (Lipinski definition) is 0. The predicted molar refractivity (Wildman–Crippen MR) is 38.8 cm³/mol. The summed E-state index contributed by atoms with van der Waals surface area (Å²) in [4.78, 5) is 0. The largest absolute Gasteiger partial charge is 0.500 e. The summed E-state index contributed by atoms with van der Waals surface area (Å²) in [6.45, 7) is 2.17. The molecule has 0 aliphatic heterocycles. The monoisotopic (exact) mass is 139 g/mol. The molecular weight excluding hydrogens is 128 g/mol. The van der Waals surface area contributed by atoms with Crippen LogP contribution in [0.1, 0.15) is 32.6 Å². The second kappa shape index (κ2) is 7.58. The van der Waals surface area contributed by atoms with Gasteiger partial charge in [0.25, 0.3) is 0 Å². The summed E-state index contributed by atoms with van der Waals surface area (Å²) in [5, 5.41) is 0. The van der Waals surface area contributed by atoms with E-state index in [9.17, 15) is 0 Å². The molecule has 49 valence electrons. The zero-order valence-electron chi connectivity index (χ0n) is 5.74. The van der Waals surface area contributed by atoms with Gasteiger partial charge in [-0.3, -0.25) is 0 Å². The Bertz CT molecular complexity index is 101. The highest BCUT2D eigenvalue weighted by Crippen LogP contribution is 1.96. The number of hydrogen-bond acceptors (Lipinski definition) is 1. The van der Waals surface area contributed by atoms with Crippen LogP contribution in [0, 0.1) is 12.0 Å². The minimum absolute atomic E-state index is 0.943. The van der Waals surface area contributed by atoms with Crippen LogP contribution in [0.15, 0.2) is 0 Å². The van der Waals surface area contributed by atoms with Crippen molar-refractivity contribution in [2.45, 2.75) is 32.6 Å². The average molecular weight is 139 g/mol. The lowest BCUT2D eigenvalue weighted by molar-refractivity contribution is 0.576. The average Bonchev–Trinajstić information content (AvgIpc) is 1.89. The van der Waals surface area contributed by atoms with Crippen molar-refractivity contribution >= 4 is 10.5 Å². The minimum Gasteiger partial charge on any atom is -0.500 e. The van der Waals surface area contributed by atoms with Crippen molar-refractivity contribution in [3.05, 3.63) is 0 Å². The van der Waals surface area contributed by atoms with Gasteiger partial charge >= 0.3 is 10.5 Å². The highest BCUT2D eigenvalue weighted by atomic mass is 28.2. The molecule has 2 heteroatoms. The SMILES string of the molecule is CCCCCC#CO[Si]. The van der Waals surface area contributed by atoms with E-state index in [2.05, 4.69) is 33.9 Å². The van der Waals surface area contributed by atoms with E-state index in [0.29, 0.717) is 0 Å². The third-order valence-electron chi connectivity index (χ3n) is 1.03. The molecule has 0 aromatic rings. The van der Waals surface area contributed by atoms with Crippen LogP contribution in [0.3, 0.4) is 0 Å². The number of unbranched alkanes of at least 4 members (excludes halogenated alkanes) is 3. The van der Waals surface area contributed by atoms with Crippen LogP contribution in [-0.2, 0) is 4.43 Å². The standard InChI is InChI=1S/C7H11OSi/c1-2-3-4-5-6-7-8-9/h2-5H2,1H3. The highest BCUT2D eigenvalue weighted by molar-refractivity contribution is 5.98. The maximum atomic E-state index is 4.37. The maximum Gasteiger partial charge on any atom is 0.359 e. The molecule has 0 spiro atoms. The molecule has 1 nitrogen and oxygen atoms in total. The van der Waals surface area contributed by atoms with Crippen molar-refractivity contribution in [2.75, 3.05) is 0 Å². The lowest BCUT2D eigenvalue weighted by Crippen LogP contribution is -1.72. The summed E-state index contributed by atoms with van der Waals surface area (Å²) < 4.78 is 4.37. The molecule has 0 atom stereocenters. The lowest BCUT2D eigenvalue weighted by Gasteiger charge is -1.87. The van der Waals surface area contributed by atoms with Gasteiger partial charge in [0.05, 0.1) is 6.11 Å². The van der Waals surface area contributed by atoms with Crippen molar-refractivity contribution in [3.8, 4) is 12.0 Å². The Hall–Kier alpha value is -0.423. The van der Waals surface area contributed by atoms with Crippen molar-refractivity contribution in [1.82, 2.24) is 0 Å². The smallest absolute Gasteiger partial charge is 0.359 e. The summed E-state index contributed by atoms with van der Waals surface area (Å²) >= 11 is 0. The summed E-state index contributed by atoms with van der Waals surface area (Å²) in [6.07, 6.45) is 7.10. The van der Waals surface area contributed by atoms with Crippen LogP contribution in [0.5, 0.6) is 0 Å². The summed E-state index contributed by atoms with van der Waals surface area (Å²) in [5.41, 5.74) is 0. The Morgan fingerprint density at radius 1 is 1.44 bits per heavy atom. The van der Waals surface area contributed by atoms with Gasteiger partial charge in [-0.1, -0.05) is 25.7 Å². The molecule has 0 bridgehead atoms. The lowest BCUT2D eigenvalue weighted by atomic mass is 10.2. The van der Waals surface area contributed by atoms with E-state index in [-0.39, 0.29) is 0 Å². The first-order chi connectivity index (χ1) is 4.41. The van der Waals surface area contributed by atoms with E-state index < -0.39 is 0 Å². The first-order valence-corrected chi connectivity index (χ1v) is 3.63. The summed E-state index contributed by atoms with van der Waals surface area (Å²) in [7, 11) is 2.79. The van der Waals surface area contributed by atoms with E-state index in [1.807, 2.05) is 0 Å². The quantitative estimate of drug-likeness (QED) is 0.328. The van der Waals surface area contributed by atoms with Crippen molar-refractivity contribution in [2.24, 2.45) is 0 Å². The van der Waals surface area contributed by atoms with Crippen LogP contribution >= 0.6 is 0 Å². The molecule has 0 amide bonds. The third kappa shape index (κ3) is 7.58. The van der Waals surface area contributed by atoms with Crippen molar-refractivity contribution in [3.63, 3.8) is 0 Å². The van der Waals surface area contributed by atoms with E-state index in [1.54, 1.807) is 0 Å². The highest BCUT2D eigenvalue weighted by Gasteiger charge is 1.79. The van der Waals surface area contributed by atoms with Gasteiger partial charge in [-0.2, -0.15) is 0 Å². The predicted octanol–water partition coefficient (Wildman–Crippen LogP) is 1.63. The summed E-state index contributed by atoms with van der Waals surface area (Å²) in [6, 6.07) is 0. The molecule has 0 aromatic heterocycles. The van der Waals surface area contributed by atoms with E-state index in [1.165, 1.54) is 19.3 Å². The van der Waals surface area contributed by atoms with Gasteiger partial charge in [0.1, 0.15) is 0 Å². The Kier molecular flexibility index (Phi) is 7.22. The molecule has 0 fully saturated rings. The van der Waals surface area contributed by atoms with Gasteiger partial charge in [0.2, 0.25) is 0 Å². The Labute approximate surface area is 60.3 Å². The molecule has 0 aromatic carbocycles. The zero-order valence-corrected chi connectivity index (χ0v) is 6.74. The molecule has 0 saturated heterocycles. The van der Waals surface area contributed by atoms with Crippen LogP contribution in [-0.4, -0.2) is 10.5 Å². The zero-order chi connectivity index (χ0) is 6.95. The molecule has 0 unspecified atom stereocenters. The van der Waals surface area contributed by atoms with Gasteiger partial charge in [-0.25, -0.2) is 0 Å².